The molecule has 326 valence electrons. The molecular weight excluding hydrogens is 825 g/mol. The molecule has 64 heavy (non-hydrogen) atoms. The van der Waals surface area contributed by atoms with E-state index in [4.69, 9.17) is 37.8 Å². The summed E-state index contributed by atoms with van der Waals surface area (Å²) >= 11 is 0. The number of carbonyl (C=O) groups is 2. The van der Waals surface area contributed by atoms with Gasteiger partial charge in [-0.15, -0.1) is 0 Å². The molecule has 0 unspecified atom stereocenters. The van der Waals surface area contributed by atoms with Gasteiger partial charge in [-0.25, -0.2) is 28.9 Å². The molecule has 0 spiro atoms. The summed E-state index contributed by atoms with van der Waals surface area (Å²) in [7, 11) is 5.93. The van der Waals surface area contributed by atoms with E-state index in [1.165, 1.54) is 35.7 Å². The van der Waals surface area contributed by atoms with Crippen molar-refractivity contribution in [2.45, 2.75) is 20.0 Å². The van der Waals surface area contributed by atoms with Crippen LogP contribution >= 0.6 is 0 Å². The molecule has 8 rings (SSSR count). The summed E-state index contributed by atoms with van der Waals surface area (Å²) < 4.78 is 40.4. The van der Waals surface area contributed by atoms with E-state index in [0.717, 1.165) is 0 Å². The van der Waals surface area contributed by atoms with Crippen LogP contribution in [0.3, 0.4) is 0 Å². The Balaban J connectivity index is 1.14. The fraction of sp³-hybridized carbons (Fsp3) is 0.191. The van der Waals surface area contributed by atoms with E-state index in [1.807, 2.05) is 36.4 Å². The molecule has 4 aromatic carbocycles. The maximum Gasteiger partial charge on any atom is 0.374 e. The summed E-state index contributed by atoms with van der Waals surface area (Å²) in [4.78, 5) is 62.8. The summed E-state index contributed by atoms with van der Waals surface area (Å²) in [6.45, 7) is 2.94. The second kappa shape index (κ2) is 17.7. The molecule has 17 heteroatoms. The zero-order valence-corrected chi connectivity index (χ0v) is 35.6. The number of para-hydroxylation sites is 2. The number of ether oxygens (including phenoxy) is 4. The van der Waals surface area contributed by atoms with Gasteiger partial charge in [0, 0.05) is 26.2 Å². The van der Waals surface area contributed by atoms with Crippen molar-refractivity contribution in [2.24, 2.45) is 24.1 Å². The van der Waals surface area contributed by atoms with Gasteiger partial charge in [0.05, 0.1) is 58.5 Å². The van der Waals surface area contributed by atoms with Crippen molar-refractivity contribution in [1.82, 2.24) is 18.7 Å². The van der Waals surface area contributed by atoms with E-state index in [-0.39, 0.29) is 69.5 Å². The number of esters is 2. The Labute approximate surface area is 363 Å². The number of hydrogen-bond acceptors (Lipinski definition) is 13. The Bertz CT molecular complexity index is 3130. The first-order valence-corrected chi connectivity index (χ1v) is 19.9. The van der Waals surface area contributed by atoms with Gasteiger partial charge in [0.25, 0.3) is 11.1 Å². The molecule has 4 aromatic heterocycles. The van der Waals surface area contributed by atoms with Crippen LogP contribution in [-0.2, 0) is 23.6 Å². The first-order valence-electron chi connectivity index (χ1n) is 19.9. The zero-order valence-electron chi connectivity index (χ0n) is 35.6. The average molecular weight is 867 g/mol. The lowest BCUT2D eigenvalue weighted by atomic mass is 10.2. The number of aromatic nitrogens is 4. The van der Waals surface area contributed by atoms with Crippen molar-refractivity contribution < 1.29 is 42.5 Å². The third-order valence-corrected chi connectivity index (χ3v) is 10.6. The number of aliphatic hydroxyl groups is 1. The van der Waals surface area contributed by atoms with E-state index in [1.54, 1.807) is 98.0 Å². The van der Waals surface area contributed by atoms with Gasteiger partial charge in [0.2, 0.25) is 11.5 Å². The van der Waals surface area contributed by atoms with Crippen molar-refractivity contribution in [1.29, 1.82) is 0 Å². The van der Waals surface area contributed by atoms with Crippen LogP contribution in [0.4, 0.5) is 11.4 Å². The molecular formula is C47H42N6O11. The van der Waals surface area contributed by atoms with Crippen molar-refractivity contribution in [2.75, 3.05) is 27.4 Å². The molecule has 8 aromatic rings. The molecule has 0 fully saturated rings. The summed E-state index contributed by atoms with van der Waals surface area (Å²) in [5.74, 6) is -1.38. The number of benzene rings is 4. The van der Waals surface area contributed by atoms with Crippen LogP contribution in [0, 0.1) is 13.8 Å². The maximum atomic E-state index is 13.9. The van der Waals surface area contributed by atoms with Gasteiger partial charge in [-0.3, -0.25) is 19.0 Å². The highest BCUT2D eigenvalue weighted by molar-refractivity contribution is 5.91. The topological polar surface area (TPSA) is 196 Å². The first kappa shape index (κ1) is 42.5. The lowest BCUT2D eigenvalue weighted by molar-refractivity contribution is 0.0557. The van der Waals surface area contributed by atoms with Crippen LogP contribution in [0.15, 0.2) is 138 Å². The minimum atomic E-state index is -1.23. The molecule has 0 amide bonds. The SMILES string of the molecule is COC(=O)c1cc(=Nc2c(C)n(C)n(-c3ccccc3)c2=O)c2c(OCC(O)COc3cccc4oc(C(=O)OC)cc(=Nc5c(C)n(C)n(-c6ccccc6)c5=O)c34)cccc2o1. The van der Waals surface area contributed by atoms with Crippen LogP contribution in [0.2, 0.25) is 0 Å². The van der Waals surface area contributed by atoms with Crippen molar-refractivity contribution in [3.63, 3.8) is 0 Å². The lowest BCUT2D eigenvalue weighted by Gasteiger charge is -2.16. The van der Waals surface area contributed by atoms with Crippen LogP contribution in [0.25, 0.3) is 33.3 Å². The highest BCUT2D eigenvalue weighted by Gasteiger charge is 2.22. The standard InChI is InChI=1S/C47H42N6O11/c1-27-42(44(55)52(50(27)3)29-15-9-7-10-16-29)48-32-23-38(46(57)59-5)63-36-21-13-19-34(40(32)36)61-25-31(54)26-62-35-20-14-22-37-41(35)33(24-39(64-37)47(58)60-6)49-43-28(2)51(4)53(45(43)56)30-17-11-8-12-18-30/h7-24,31,54H,25-26H2,1-6H3. The molecule has 0 aliphatic rings. The normalized spacial score (nSPS) is 12.5. The fourth-order valence-electron chi connectivity index (χ4n) is 7.23. The molecule has 0 saturated carbocycles. The van der Waals surface area contributed by atoms with Crippen LogP contribution in [-0.4, -0.2) is 69.3 Å². The van der Waals surface area contributed by atoms with Gasteiger partial charge < -0.3 is 32.9 Å². The number of methoxy groups -OCH3 is 2. The van der Waals surface area contributed by atoms with Gasteiger partial charge in [0.15, 0.2) is 11.4 Å². The highest BCUT2D eigenvalue weighted by atomic mass is 16.5. The minimum absolute atomic E-state index is 0.119. The van der Waals surface area contributed by atoms with Crippen molar-refractivity contribution >= 4 is 45.3 Å². The monoisotopic (exact) mass is 866 g/mol. The number of nitrogens with zero attached hydrogens (tertiary/aromatic N) is 6. The molecule has 0 aliphatic carbocycles. The Kier molecular flexibility index (Phi) is 11.7. The molecule has 0 aliphatic heterocycles. The summed E-state index contributed by atoms with van der Waals surface area (Å²) in [6, 6.07) is 30.7. The Morgan fingerprint density at radius 1 is 0.609 bits per heavy atom. The number of aliphatic hydroxyl groups excluding tert-OH is 1. The molecule has 0 bridgehead atoms. The molecule has 0 saturated heterocycles. The smallest absolute Gasteiger partial charge is 0.374 e. The molecule has 4 heterocycles. The number of rotatable bonds is 12. The van der Waals surface area contributed by atoms with Gasteiger partial charge in [-0.05, 0) is 62.4 Å². The quantitative estimate of drug-likeness (QED) is 0.150. The second-order valence-corrected chi connectivity index (χ2v) is 14.6. The van der Waals surface area contributed by atoms with Gasteiger partial charge in [-0.1, -0.05) is 48.5 Å². The summed E-state index contributed by atoms with van der Waals surface area (Å²) in [5.41, 5.74) is 2.23. The summed E-state index contributed by atoms with van der Waals surface area (Å²) in [6.07, 6.45) is -1.23. The minimum Gasteiger partial charge on any atom is -0.490 e. The molecule has 1 N–H and O–H groups in total. The van der Waals surface area contributed by atoms with E-state index in [0.29, 0.717) is 33.5 Å². The van der Waals surface area contributed by atoms with Gasteiger partial charge in [0.1, 0.15) is 42.0 Å². The number of hydrogen-bond donors (Lipinski definition) is 1. The summed E-state index contributed by atoms with van der Waals surface area (Å²) in [5, 5.41) is 12.3. The Morgan fingerprint density at radius 3 is 1.38 bits per heavy atom. The lowest BCUT2D eigenvalue weighted by Crippen LogP contribution is -2.26. The average Bonchev–Trinajstić information content (AvgIpc) is 3.66. The highest BCUT2D eigenvalue weighted by Crippen LogP contribution is 2.28. The fourth-order valence-corrected chi connectivity index (χ4v) is 7.23. The predicted octanol–water partition coefficient (Wildman–Crippen LogP) is 5.63. The zero-order chi connectivity index (χ0) is 45.2. The van der Waals surface area contributed by atoms with E-state index < -0.39 is 29.2 Å². The second-order valence-electron chi connectivity index (χ2n) is 14.6. The van der Waals surface area contributed by atoms with Crippen LogP contribution in [0.5, 0.6) is 11.5 Å². The van der Waals surface area contributed by atoms with Gasteiger partial charge >= 0.3 is 11.9 Å². The first-order chi connectivity index (χ1) is 30.9. The van der Waals surface area contributed by atoms with Crippen LogP contribution in [0.1, 0.15) is 32.5 Å². The van der Waals surface area contributed by atoms with E-state index >= 15 is 0 Å². The molecule has 0 atom stereocenters. The maximum absolute atomic E-state index is 13.9. The van der Waals surface area contributed by atoms with Crippen molar-refractivity contribution in [3.8, 4) is 22.9 Å². The molecule has 17 nitrogen and oxygen atoms in total. The Morgan fingerprint density at radius 2 is 1.00 bits per heavy atom. The van der Waals surface area contributed by atoms with Crippen LogP contribution < -0.4 is 31.3 Å². The number of carbonyl (C=O) groups excluding carboxylic acids is 2. The van der Waals surface area contributed by atoms with E-state index in [9.17, 15) is 24.3 Å². The molecule has 0 radical (unpaired) electrons. The largest absolute Gasteiger partial charge is 0.490 e. The predicted molar refractivity (Wildman–Crippen MR) is 234 cm³/mol. The van der Waals surface area contributed by atoms with Crippen molar-refractivity contribution in [3.05, 3.63) is 164 Å². The third-order valence-electron chi connectivity index (χ3n) is 10.6. The third kappa shape index (κ3) is 7.91. The van der Waals surface area contributed by atoms with E-state index in [2.05, 4.69) is 0 Å². The Hall–Kier alpha value is -8.18. The van der Waals surface area contributed by atoms with Gasteiger partial charge in [-0.2, -0.15) is 0 Å². The number of fused-ring (bicyclic) bond motifs is 2.